The van der Waals surface area contributed by atoms with Crippen LogP contribution < -0.4 is 29.5 Å². The van der Waals surface area contributed by atoms with Crippen molar-refractivity contribution < 1.29 is 33.7 Å². The zero-order chi connectivity index (χ0) is 20.8. The van der Waals surface area contributed by atoms with Gasteiger partial charge in [-0.05, 0) is 18.2 Å². The Morgan fingerprint density at radius 2 is 1.69 bits per heavy atom. The van der Waals surface area contributed by atoms with Gasteiger partial charge in [-0.2, -0.15) is 0 Å². The molecular weight excluding hydrogens is 376 g/mol. The number of morpholine rings is 1. The van der Waals surface area contributed by atoms with Crippen molar-refractivity contribution in [2.24, 2.45) is 0 Å². The van der Waals surface area contributed by atoms with Crippen molar-refractivity contribution in [2.75, 3.05) is 52.9 Å². The average Bonchev–Trinajstić information content (AvgIpc) is 2.77. The standard InChI is InChI=1S/C21H26N2O6/c1-26-18-12-20(28-3)19(27-2)10-14(18)13-22-15-4-5-17(16(11-15)21(24)25)23-6-8-29-9-7-23/h4-5,10-12,22H,6-9,13H2,1-3H3,(H,24,25). The molecule has 0 atom stereocenters. The maximum atomic E-state index is 11.7. The van der Waals surface area contributed by atoms with Crippen molar-refractivity contribution in [3.05, 3.63) is 41.5 Å². The predicted octanol–water partition coefficient (Wildman–Crippen LogP) is 0.235. The summed E-state index contributed by atoms with van der Waals surface area (Å²) in [5.74, 6) is 0.618. The summed E-state index contributed by atoms with van der Waals surface area (Å²) in [6.45, 7) is 3.10. The molecule has 8 heteroatoms. The van der Waals surface area contributed by atoms with Crippen LogP contribution in [0.3, 0.4) is 0 Å². The van der Waals surface area contributed by atoms with E-state index in [1.165, 1.54) is 0 Å². The van der Waals surface area contributed by atoms with Gasteiger partial charge in [0.25, 0.3) is 0 Å². The van der Waals surface area contributed by atoms with Crippen LogP contribution in [-0.2, 0) is 11.3 Å². The average molecular weight is 402 g/mol. The molecule has 0 spiro atoms. The minimum Gasteiger partial charge on any atom is -0.545 e. The zero-order valence-electron chi connectivity index (χ0n) is 16.9. The number of anilines is 1. The fourth-order valence-corrected chi connectivity index (χ4v) is 3.45. The van der Waals surface area contributed by atoms with Gasteiger partial charge in [0.05, 0.1) is 46.1 Å². The molecule has 2 aromatic carbocycles. The van der Waals surface area contributed by atoms with Crippen LogP contribution in [0.1, 0.15) is 15.9 Å². The van der Waals surface area contributed by atoms with E-state index >= 15 is 0 Å². The van der Waals surface area contributed by atoms with Crippen molar-refractivity contribution in [1.29, 1.82) is 0 Å². The van der Waals surface area contributed by atoms with Crippen molar-refractivity contribution in [3.8, 4) is 17.2 Å². The first-order valence-corrected chi connectivity index (χ1v) is 9.38. The maximum Gasteiger partial charge on any atom is 0.164 e. The second-order valence-corrected chi connectivity index (χ2v) is 6.64. The van der Waals surface area contributed by atoms with Crippen molar-refractivity contribution in [2.45, 2.75) is 6.54 Å². The summed E-state index contributed by atoms with van der Waals surface area (Å²) in [7, 11) is 4.72. The van der Waals surface area contributed by atoms with Gasteiger partial charge < -0.3 is 34.2 Å². The summed E-state index contributed by atoms with van der Waals surface area (Å²) in [6.07, 6.45) is 0. The highest BCUT2D eigenvalue weighted by molar-refractivity contribution is 5.92. The fraction of sp³-hybridized carbons (Fsp3) is 0.381. The van der Waals surface area contributed by atoms with E-state index in [1.807, 2.05) is 18.2 Å². The monoisotopic (exact) mass is 402 g/mol. The topological polar surface area (TPSA) is 93.5 Å². The Bertz CT molecular complexity index is 864. The molecular formula is C21H26N2O6. The number of ether oxygens (including phenoxy) is 4. The highest BCUT2D eigenvalue weighted by atomic mass is 16.5. The number of carbonyl (C=O) groups excluding carboxylic acids is 1. The minimum absolute atomic E-state index is 0.186. The van der Waals surface area contributed by atoms with Crippen LogP contribution in [0, 0.1) is 0 Å². The lowest BCUT2D eigenvalue weighted by Crippen LogP contribution is -3.09. The molecule has 2 aromatic rings. The molecule has 1 aliphatic heterocycles. The largest absolute Gasteiger partial charge is 0.545 e. The molecule has 8 nitrogen and oxygen atoms in total. The lowest BCUT2D eigenvalue weighted by Gasteiger charge is -2.26. The Morgan fingerprint density at radius 3 is 2.31 bits per heavy atom. The molecule has 3 rings (SSSR count). The number of carboxylic acids is 1. The first-order chi connectivity index (χ1) is 14.1. The Labute approximate surface area is 169 Å². The third-order valence-electron chi connectivity index (χ3n) is 4.99. The number of rotatable bonds is 8. The van der Waals surface area contributed by atoms with Gasteiger partial charge in [0.2, 0.25) is 0 Å². The Balaban J connectivity index is 1.82. The van der Waals surface area contributed by atoms with Gasteiger partial charge in [-0.25, -0.2) is 0 Å². The Hall–Kier alpha value is -2.97. The molecule has 0 aliphatic carbocycles. The van der Waals surface area contributed by atoms with Crippen LogP contribution in [0.2, 0.25) is 0 Å². The molecule has 156 valence electrons. The molecule has 1 aliphatic rings. The smallest absolute Gasteiger partial charge is 0.164 e. The highest BCUT2D eigenvalue weighted by Crippen LogP contribution is 2.35. The summed E-state index contributed by atoms with van der Waals surface area (Å²) < 4.78 is 21.5. The second-order valence-electron chi connectivity index (χ2n) is 6.64. The lowest BCUT2D eigenvalue weighted by molar-refractivity contribution is -0.842. The molecule has 0 aromatic heterocycles. The molecule has 1 heterocycles. The molecule has 1 fully saturated rings. The highest BCUT2D eigenvalue weighted by Gasteiger charge is 2.21. The first-order valence-electron chi connectivity index (χ1n) is 9.38. The third-order valence-corrected chi connectivity index (χ3v) is 4.99. The number of hydrogen-bond acceptors (Lipinski definition) is 7. The third kappa shape index (κ3) is 4.72. The first kappa shape index (κ1) is 20.8. The van der Waals surface area contributed by atoms with Crippen LogP contribution in [0.5, 0.6) is 17.2 Å². The molecule has 0 bridgehead atoms. The number of carbonyl (C=O) groups is 1. The van der Waals surface area contributed by atoms with E-state index in [1.54, 1.807) is 33.5 Å². The molecule has 0 saturated carbocycles. The van der Waals surface area contributed by atoms with E-state index in [-0.39, 0.29) is 5.56 Å². The summed E-state index contributed by atoms with van der Waals surface area (Å²) >= 11 is 0. The summed E-state index contributed by atoms with van der Waals surface area (Å²) in [4.78, 5) is 12.8. The van der Waals surface area contributed by atoms with Crippen LogP contribution in [0.25, 0.3) is 0 Å². The molecule has 29 heavy (non-hydrogen) atoms. The number of benzene rings is 2. The number of methoxy groups -OCH3 is 3. The molecule has 0 unspecified atom stereocenters. The van der Waals surface area contributed by atoms with Gasteiger partial charge in [-0.15, -0.1) is 0 Å². The number of aromatic carboxylic acids is 1. The fourth-order valence-electron chi connectivity index (χ4n) is 3.45. The van der Waals surface area contributed by atoms with E-state index in [0.717, 1.165) is 29.2 Å². The van der Waals surface area contributed by atoms with Crippen LogP contribution >= 0.6 is 0 Å². The van der Waals surface area contributed by atoms with Gasteiger partial charge in [0.15, 0.2) is 11.5 Å². The number of nitrogens with one attached hydrogen (secondary N) is 2. The maximum absolute atomic E-state index is 11.7. The van der Waals surface area contributed by atoms with Gasteiger partial charge >= 0.3 is 0 Å². The predicted molar refractivity (Wildman–Crippen MR) is 105 cm³/mol. The van der Waals surface area contributed by atoms with Gasteiger partial charge in [0.1, 0.15) is 24.5 Å². The van der Waals surface area contributed by atoms with Gasteiger partial charge in [-0.1, -0.05) is 0 Å². The quantitative estimate of drug-likeness (QED) is 0.653. The van der Waals surface area contributed by atoms with Crippen LogP contribution in [-0.4, -0.2) is 53.6 Å². The summed E-state index contributed by atoms with van der Waals surface area (Å²) in [6, 6.07) is 8.90. The van der Waals surface area contributed by atoms with Crippen LogP contribution in [0.4, 0.5) is 11.4 Å². The normalized spacial score (nSPS) is 14.3. The van der Waals surface area contributed by atoms with E-state index in [9.17, 15) is 9.90 Å². The molecule has 2 N–H and O–H groups in total. The van der Waals surface area contributed by atoms with Crippen molar-refractivity contribution in [1.82, 2.24) is 0 Å². The van der Waals surface area contributed by atoms with Crippen molar-refractivity contribution in [3.63, 3.8) is 0 Å². The van der Waals surface area contributed by atoms with Crippen molar-refractivity contribution >= 4 is 17.3 Å². The van der Waals surface area contributed by atoms with E-state index in [2.05, 4.69) is 5.32 Å². The molecule has 1 saturated heterocycles. The second kappa shape index (κ2) is 9.49. The lowest BCUT2D eigenvalue weighted by atomic mass is 10.1. The SMILES string of the molecule is COc1cc(OC)c(OC)cc1CNc1ccc([NH+]2CCOCC2)c(C(=O)[O-])c1. The molecule has 0 radical (unpaired) electrons. The minimum atomic E-state index is -1.19. The number of quaternary nitrogens is 1. The van der Waals surface area contributed by atoms with Crippen LogP contribution in [0.15, 0.2) is 30.3 Å². The number of carboxylic acid groups (broad SMARTS) is 1. The Morgan fingerprint density at radius 1 is 1.03 bits per heavy atom. The van der Waals surface area contributed by atoms with Gasteiger partial charge in [-0.3, -0.25) is 4.90 Å². The number of hydrogen-bond donors (Lipinski definition) is 2. The molecule has 0 amide bonds. The van der Waals surface area contributed by atoms with E-state index < -0.39 is 5.97 Å². The Kier molecular flexibility index (Phi) is 6.79. The van der Waals surface area contributed by atoms with E-state index in [0.29, 0.717) is 42.7 Å². The van der Waals surface area contributed by atoms with E-state index in [4.69, 9.17) is 18.9 Å². The summed E-state index contributed by atoms with van der Waals surface area (Å²) in [5, 5.41) is 15.0. The zero-order valence-corrected chi connectivity index (χ0v) is 16.9. The van der Waals surface area contributed by atoms with Gasteiger partial charge in [0, 0.05) is 29.9 Å². The summed E-state index contributed by atoms with van der Waals surface area (Å²) in [5.41, 5.74) is 2.44.